The number of carbonyl (C=O) groups is 1. The Hall–Kier alpha value is -2.46. The standard InChI is InChI=1S/C21H30N4O3/c1-21(2,3)28-20(26)25-12-10-24(11-13-25)17-5-4-16(15-22)19(14-17)27-18-6-8-23-9-7-18/h4-5,14,18,23H,6-13H2,1-3H3. The van der Waals surface area contributed by atoms with Crippen LogP contribution >= 0.6 is 0 Å². The lowest BCUT2D eigenvalue weighted by Crippen LogP contribution is -2.50. The minimum Gasteiger partial charge on any atom is -0.489 e. The molecule has 7 nitrogen and oxygen atoms in total. The number of carbonyl (C=O) groups excluding carboxylic acids is 1. The number of piperazine rings is 1. The second-order valence-electron chi connectivity index (χ2n) is 8.31. The predicted molar refractivity (Wildman–Crippen MR) is 108 cm³/mol. The van der Waals surface area contributed by atoms with Crippen molar-refractivity contribution in [3.05, 3.63) is 23.8 Å². The molecule has 7 heteroatoms. The van der Waals surface area contributed by atoms with Crippen LogP contribution in [-0.2, 0) is 4.74 Å². The van der Waals surface area contributed by atoms with Crippen molar-refractivity contribution in [2.24, 2.45) is 0 Å². The average Bonchev–Trinajstić information content (AvgIpc) is 2.67. The Morgan fingerprint density at radius 1 is 1.18 bits per heavy atom. The SMILES string of the molecule is CC(C)(C)OC(=O)N1CCN(c2ccc(C#N)c(OC3CCNCC3)c2)CC1. The zero-order valence-electron chi connectivity index (χ0n) is 17.0. The number of nitrogens with zero attached hydrogens (tertiary/aromatic N) is 3. The molecule has 0 radical (unpaired) electrons. The molecule has 3 rings (SSSR count). The average molecular weight is 386 g/mol. The van der Waals surface area contributed by atoms with Gasteiger partial charge in [-0.1, -0.05) is 0 Å². The molecule has 1 amide bonds. The number of piperidine rings is 1. The van der Waals surface area contributed by atoms with Crippen LogP contribution in [0.15, 0.2) is 18.2 Å². The van der Waals surface area contributed by atoms with Crippen molar-refractivity contribution < 1.29 is 14.3 Å². The number of amides is 1. The van der Waals surface area contributed by atoms with Crippen molar-refractivity contribution in [3.63, 3.8) is 0 Å². The van der Waals surface area contributed by atoms with Crippen molar-refractivity contribution in [2.45, 2.75) is 45.3 Å². The molecular formula is C21H30N4O3. The summed E-state index contributed by atoms with van der Waals surface area (Å²) in [5.41, 5.74) is 1.10. The number of hydrogen-bond acceptors (Lipinski definition) is 6. The molecule has 28 heavy (non-hydrogen) atoms. The van der Waals surface area contributed by atoms with Gasteiger partial charge >= 0.3 is 6.09 Å². The molecule has 2 heterocycles. The highest BCUT2D eigenvalue weighted by Crippen LogP contribution is 2.28. The highest BCUT2D eigenvalue weighted by molar-refractivity contribution is 5.69. The predicted octanol–water partition coefficient (Wildman–Crippen LogP) is 2.75. The normalized spacial score (nSPS) is 18.5. The summed E-state index contributed by atoms with van der Waals surface area (Å²) in [4.78, 5) is 16.2. The van der Waals surface area contributed by atoms with Crippen molar-refractivity contribution in [3.8, 4) is 11.8 Å². The van der Waals surface area contributed by atoms with E-state index in [1.54, 1.807) is 4.90 Å². The molecule has 2 fully saturated rings. The molecule has 1 N–H and O–H groups in total. The van der Waals surface area contributed by atoms with E-state index in [1.165, 1.54) is 0 Å². The highest BCUT2D eigenvalue weighted by atomic mass is 16.6. The highest BCUT2D eigenvalue weighted by Gasteiger charge is 2.26. The summed E-state index contributed by atoms with van der Waals surface area (Å²) < 4.78 is 11.6. The van der Waals surface area contributed by atoms with Gasteiger partial charge in [0.15, 0.2) is 0 Å². The lowest BCUT2D eigenvalue weighted by Gasteiger charge is -2.37. The van der Waals surface area contributed by atoms with E-state index in [1.807, 2.05) is 39.0 Å². The molecule has 1 aromatic carbocycles. The van der Waals surface area contributed by atoms with E-state index in [9.17, 15) is 10.1 Å². The van der Waals surface area contributed by atoms with Crippen LogP contribution in [0, 0.1) is 11.3 Å². The van der Waals surface area contributed by atoms with E-state index in [4.69, 9.17) is 9.47 Å². The van der Waals surface area contributed by atoms with Crippen molar-refractivity contribution >= 4 is 11.8 Å². The van der Waals surface area contributed by atoms with Crippen molar-refractivity contribution in [1.29, 1.82) is 5.26 Å². The molecule has 1 aromatic rings. The number of nitriles is 1. The molecule has 0 spiro atoms. The van der Waals surface area contributed by atoms with Crippen LogP contribution in [-0.4, -0.2) is 62.0 Å². The summed E-state index contributed by atoms with van der Waals surface area (Å²) in [6.07, 6.45) is 1.78. The Morgan fingerprint density at radius 2 is 1.86 bits per heavy atom. The van der Waals surface area contributed by atoms with Crippen molar-refractivity contribution in [2.75, 3.05) is 44.2 Å². The van der Waals surface area contributed by atoms with E-state index >= 15 is 0 Å². The molecule has 152 valence electrons. The van der Waals surface area contributed by atoms with Gasteiger partial charge in [-0.15, -0.1) is 0 Å². The Labute approximate surface area is 167 Å². The Morgan fingerprint density at radius 3 is 2.46 bits per heavy atom. The van der Waals surface area contributed by atoms with Crippen LogP contribution in [0.4, 0.5) is 10.5 Å². The maximum atomic E-state index is 12.2. The number of ether oxygens (including phenoxy) is 2. The molecule has 0 saturated carbocycles. The monoisotopic (exact) mass is 386 g/mol. The number of benzene rings is 1. The van der Waals surface area contributed by atoms with E-state index < -0.39 is 5.60 Å². The van der Waals surface area contributed by atoms with E-state index in [0.717, 1.165) is 44.7 Å². The zero-order valence-corrected chi connectivity index (χ0v) is 17.0. The van der Waals surface area contributed by atoms with Crippen LogP contribution in [0.3, 0.4) is 0 Å². The molecule has 0 atom stereocenters. The molecule has 0 aromatic heterocycles. The smallest absolute Gasteiger partial charge is 0.410 e. The minimum absolute atomic E-state index is 0.146. The first-order valence-electron chi connectivity index (χ1n) is 10.00. The molecule has 2 aliphatic heterocycles. The molecule has 0 unspecified atom stereocenters. The van der Waals surface area contributed by atoms with Gasteiger partial charge in [0.25, 0.3) is 0 Å². The lowest BCUT2D eigenvalue weighted by molar-refractivity contribution is 0.0240. The number of rotatable bonds is 3. The van der Waals surface area contributed by atoms with Crippen LogP contribution in [0.25, 0.3) is 0 Å². The molecule has 0 aliphatic carbocycles. The summed E-state index contributed by atoms with van der Waals surface area (Å²) in [6.45, 7) is 10.2. The fraction of sp³-hybridized carbons (Fsp3) is 0.619. The number of hydrogen-bond donors (Lipinski definition) is 1. The third-order valence-corrected chi connectivity index (χ3v) is 4.96. The minimum atomic E-state index is -0.484. The first-order valence-corrected chi connectivity index (χ1v) is 10.00. The summed E-state index contributed by atoms with van der Waals surface area (Å²) in [5.74, 6) is 0.654. The maximum absolute atomic E-state index is 12.2. The van der Waals surface area contributed by atoms with Gasteiger partial charge in [0.1, 0.15) is 23.5 Å². The third-order valence-electron chi connectivity index (χ3n) is 4.96. The largest absolute Gasteiger partial charge is 0.489 e. The number of anilines is 1. The molecule has 0 bridgehead atoms. The maximum Gasteiger partial charge on any atom is 0.410 e. The summed E-state index contributed by atoms with van der Waals surface area (Å²) in [7, 11) is 0. The van der Waals surface area contributed by atoms with E-state index in [2.05, 4.69) is 16.3 Å². The third kappa shape index (κ3) is 5.29. The fourth-order valence-corrected chi connectivity index (χ4v) is 3.46. The van der Waals surface area contributed by atoms with Crippen molar-refractivity contribution in [1.82, 2.24) is 10.2 Å². The molecule has 2 saturated heterocycles. The Bertz CT molecular complexity index is 724. The van der Waals surface area contributed by atoms with E-state index in [-0.39, 0.29) is 12.2 Å². The summed E-state index contributed by atoms with van der Waals surface area (Å²) in [5, 5.41) is 12.7. The van der Waals surface area contributed by atoms with Crippen LogP contribution in [0.2, 0.25) is 0 Å². The summed E-state index contributed by atoms with van der Waals surface area (Å²) >= 11 is 0. The van der Waals surface area contributed by atoms with Gasteiger partial charge in [-0.2, -0.15) is 5.26 Å². The topological polar surface area (TPSA) is 77.8 Å². The van der Waals surface area contributed by atoms with Gasteiger partial charge in [0.2, 0.25) is 0 Å². The zero-order chi connectivity index (χ0) is 20.1. The van der Waals surface area contributed by atoms with Crippen LogP contribution in [0.1, 0.15) is 39.2 Å². The molecule has 2 aliphatic rings. The molecular weight excluding hydrogens is 356 g/mol. The second-order valence-corrected chi connectivity index (χ2v) is 8.31. The van der Waals surface area contributed by atoms with Gasteiger partial charge in [0.05, 0.1) is 5.56 Å². The van der Waals surface area contributed by atoms with Crippen LogP contribution in [0.5, 0.6) is 5.75 Å². The van der Waals surface area contributed by atoms with Gasteiger partial charge in [-0.25, -0.2) is 4.79 Å². The van der Waals surface area contributed by atoms with Gasteiger partial charge in [-0.05, 0) is 58.8 Å². The van der Waals surface area contributed by atoms with Crippen LogP contribution < -0.4 is 15.0 Å². The quantitative estimate of drug-likeness (QED) is 0.861. The van der Waals surface area contributed by atoms with E-state index in [0.29, 0.717) is 24.4 Å². The fourth-order valence-electron chi connectivity index (χ4n) is 3.46. The Kier molecular flexibility index (Phi) is 6.30. The summed E-state index contributed by atoms with van der Waals surface area (Å²) in [6, 6.07) is 7.97. The first kappa shape index (κ1) is 20.3. The van der Waals surface area contributed by atoms with Gasteiger partial charge in [-0.3, -0.25) is 0 Å². The second kappa shape index (κ2) is 8.70. The van der Waals surface area contributed by atoms with Gasteiger partial charge in [0, 0.05) is 37.9 Å². The lowest BCUT2D eigenvalue weighted by atomic mass is 10.1. The number of nitrogens with one attached hydrogen (secondary N) is 1. The first-order chi connectivity index (χ1) is 13.4. The Balaban J connectivity index is 1.63. The van der Waals surface area contributed by atoms with Gasteiger partial charge < -0.3 is 24.6 Å².